The molecular weight excluding hydrogens is 302 g/mol. The summed E-state index contributed by atoms with van der Waals surface area (Å²) in [6, 6.07) is 8.30. The van der Waals surface area contributed by atoms with Gasteiger partial charge in [-0.1, -0.05) is 6.07 Å². The summed E-state index contributed by atoms with van der Waals surface area (Å²) in [7, 11) is 0. The molecule has 1 amide bonds. The van der Waals surface area contributed by atoms with Crippen LogP contribution in [0.1, 0.15) is 24.0 Å². The van der Waals surface area contributed by atoms with Crippen LogP contribution in [-0.2, 0) is 9.53 Å². The predicted molar refractivity (Wildman–Crippen MR) is 93.6 cm³/mol. The first-order chi connectivity index (χ1) is 11.7. The molecule has 24 heavy (non-hydrogen) atoms. The monoisotopic (exact) mass is 325 g/mol. The van der Waals surface area contributed by atoms with Crippen molar-refractivity contribution >= 4 is 17.7 Å². The number of anilines is 1. The number of nitrogens with zero attached hydrogens (tertiary/aromatic N) is 3. The molecule has 2 saturated heterocycles. The first kappa shape index (κ1) is 16.5. The zero-order valence-corrected chi connectivity index (χ0v) is 14.1. The van der Waals surface area contributed by atoms with Gasteiger partial charge in [0.25, 0.3) is 5.91 Å². The van der Waals surface area contributed by atoms with Gasteiger partial charge in [-0.15, -0.1) is 0 Å². The number of benzene rings is 1. The summed E-state index contributed by atoms with van der Waals surface area (Å²) in [6.45, 7) is 6.40. The van der Waals surface area contributed by atoms with Gasteiger partial charge in [0.15, 0.2) is 0 Å². The van der Waals surface area contributed by atoms with E-state index in [0.717, 1.165) is 24.2 Å². The van der Waals surface area contributed by atoms with E-state index in [0.29, 0.717) is 26.3 Å². The lowest BCUT2D eigenvalue weighted by atomic mass is 10.0. The largest absolute Gasteiger partial charge is 0.378 e. The molecule has 0 aliphatic carbocycles. The second-order valence-electron chi connectivity index (χ2n) is 6.31. The lowest BCUT2D eigenvalue weighted by Gasteiger charge is -2.26. The summed E-state index contributed by atoms with van der Waals surface area (Å²) in [5.41, 5.74) is 3.42. The molecule has 2 heterocycles. The molecule has 0 atom stereocenters. The number of carbonyl (C=O) groups excluding carboxylic acids is 1. The fraction of sp³-hybridized carbons (Fsp3) is 0.474. The molecule has 2 aliphatic heterocycles. The normalized spacial score (nSPS) is 18.6. The Hall–Kier alpha value is -2.32. The molecular formula is C19H23N3O2. The Bertz CT molecular complexity index is 678. The van der Waals surface area contributed by atoms with Gasteiger partial charge in [-0.2, -0.15) is 5.26 Å². The number of aryl methyl sites for hydroxylation is 1. The van der Waals surface area contributed by atoms with Gasteiger partial charge in [0, 0.05) is 31.9 Å². The minimum absolute atomic E-state index is 0.189. The maximum Gasteiger partial charge on any atom is 0.264 e. The third kappa shape index (κ3) is 3.60. The SMILES string of the molecule is Cc1cc(N2CCCC2)ccc1/C=C(/C#N)C(=O)N1CCOCC1. The highest BCUT2D eigenvalue weighted by Gasteiger charge is 2.21. The molecule has 0 N–H and O–H groups in total. The van der Waals surface area contributed by atoms with Gasteiger partial charge in [0.1, 0.15) is 11.6 Å². The third-order valence-corrected chi connectivity index (χ3v) is 4.67. The van der Waals surface area contributed by atoms with Crippen LogP contribution in [0.5, 0.6) is 0 Å². The molecule has 2 fully saturated rings. The van der Waals surface area contributed by atoms with Crippen LogP contribution >= 0.6 is 0 Å². The number of carbonyl (C=O) groups is 1. The first-order valence-electron chi connectivity index (χ1n) is 8.53. The van der Waals surface area contributed by atoms with E-state index in [1.807, 2.05) is 13.0 Å². The maximum atomic E-state index is 12.5. The van der Waals surface area contributed by atoms with Crippen molar-refractivity contribution in [3.63, 3.8) is 0 Å². The Balaban J connectivity index is 1.80. The lowest BCUT2D eigenvalue weighted by Crippen LogP contribution is -2.41. The van der Waals surface area contributed by atoms with E-state index in [4.69, 9.17) is 4.74 Å². The highest BCUT2D eigenvalue weighted by atomic mass is 16.5. The van der Waals surface area contributed by atoms with Crippen LogP contribution in [0.2, 0.25) is 0 Å². The van der Waals surface area contributed by atoms with Crippen molar-refractivity contribution < 1.29 is 9.53 Å². The zero-order chi connectivity index (χ0) is 16.9. The number of hydrogen-bond donors (Lipinski definition) is 0. The molecule has 2 aliphatic rings. The van der Waals surface area contributed by atoms with E-state index in [1.165, 1.54) is 18.5 Å². The Labute approximate surface area is 143 Å². The molecule has 126 valence electrons. The van der Waals surface area contributed by atoms with E-state index in [9.17, 15) is 10.1 Å². The second-order valence-corrected chi connectivity index (χ2v) is 6.31. The van der Waals surface area contributed by atoms with Gasteiger partial charge >= 0.3 is 0 Å². The minimum atomic E-state index is -0.205. The third-order valence-electron chi connectivity index (χ3n) is 4.67. The number of amides is 1. The second kappa shape index (κ2) is 7.50. The number of rotatable bonds is 3. The Morgan fingerprint density at radius 3 is 2.54 bits per heavy atom. The number of nitriles is 1. The van der Waals surface area contributed by atoms with Crippen molar-refractivity contribution in [1.82, 2.24) is 4.90 Å². The van der Waals surface area contributed by atoms with E-state index in [2.05, 4.69) is 23.1 Å². The fourth-order valence-corrected chi connectivity index (χ4v) is 3.23. The van der Waals surface area contributed by atoms with Gasteiger partial charge in [-0.25, -0.2) is 0 Å². The van der Waals surface area contributed by atoms with E-state index < -0.39 is 0 Å². The highest BCUT2D eigenvalue weighted by molar-refractivity contribution is 6.01. The first-order valence-corrected chi connectivity index (χ1v) is 8.53. The summed E-state index contributed by atoms with van der Waals surface area (Å²) < 4.78 is 5.26. The van der Waals surface area contributed by atoms with Crippen LogP contribution in [0, 0.1) is 18.3 Å². The molecule has 0 aromatic heterocycles. The molecule has 0 unspecified atom stereocenters. The average molecular weight is 325 g/mol. The predicted octanol–water partition coefficient (Wildman–Crippen LogP) is 2.36. The molecule has 5 nitrogen and oxygen atoms in total. The van der Waals surface area contributed by atoms with Crippen LogP contribution in [0.4, 0.5) is 5.69 Å². The van der Waals surface area contributed by atoms with Gasteiger partial charge in [-0.05, 0) is 49.1 Å². The molecule has 5 heteroatoms. The minimum Gasteiger partial charge on any atom is -0.378 e. The smallest absolute Gasteiger partial charge is 0.264 e. The number of hydrogen-bond acceptors (Lipinski definition) is 4. The standard InChI is InChI=1S/C19H23N3O2/c1-15-12-18(21-6-2-3-7-21)5-4-16(15)13-17(14-20)19(23)22-8-10-24-11-9-22/h4-5,12-13H,2-3,6-11H2,1H3/b17-13-. The molecule has 0 bridgehead atoms. The topological polar surface area (TPSA) is 56.6 Å². The van der Waals surface area contributed by atoms with Crippen molar-refractivity contribution in [2.75, 3.05) is 44.3 Å². The van der Waals surface area contributed by atoms with Gasteiger partial charge < -0.3 is 14.5 Å². The number of morpholine rings is 1. The van der Waals surface area contributed by atoms with Crippen LogP contribution in [0.25, 0.3) is 6.08 Å². The zero-order valence-electron chi connectivity index (χ0n) is 14.1. The van der Waals surface area contributed by atoms with E-state index in [-0.39, 0.29) is 11.5 Å². The van der Waals surface area contributed by atoms with E-state index in [1.54, 1.807) is 11.0 Å². The summed E-state index contributed by atoms with van der Waals surface area (Å²) in [5.74, 6) is -0.205. The molecule has 0 radical (unpaired) electrons. The summed E-state index contributed by atoms with van der Waals surface area (Å²) in [4.78, 5) is 16.6. The van der Waals surface area contributed by atoms with Crippen molar-refractivity contribution in [1.29, 1.82) is 5.26 Å². The van der Waals surface area contributed by atoms with Crippen LogP contribution < -0.4 is 4.90 Å². The highest BCUT2D eigenvalue weighted by Crippen LogP contribution is 2.24. The van der Waals surface area contributed by atoms with Gasteiger partial charge in [0.2, 0.25) is 0 Å². The molecule has 1 aromatic carbocycles. The molecule has 1 aromatic rings. The fourth-order valence-electron chi connectivity index (χ4n) is 3.23. The van der Waals surface area contributed by atoms with Crippen LogP contribution in [0.3, 0.4) is 0 Å². The van der Waals surface area contributed by atoms with Crippen LogP contribution in [0.15, 0.2) is 23.8 Å². The maximum absolute atomic E-state index is 12.5. The summed E-state index contributed by atoms with van der Waals surface area (Å²) >= 11 is 0. The Morgan fingerprint density at radius 2 is 1.92 bits per heavy atom. The van der Waals surface area contributed by atoms with Gasteiger partial charge in [0.05, 0.1) is 13.2 Å². The Morgan fingerprint density at radius 1 is 1.21 bits per heavy atom. The number of ether oxygens (including phenoxy) is 1. The van der Waals surface area contributed by atoms with E-state index >= 15 is 0 Å². The molecule has 0 spiro atoms. The van der Waals surface area contributed by atoms with Crippen molar-refractivity contribution in [3.05, 3.63) is 34.9 Å². The quantitative estimate of drug-likeness (QED) is 0.632. The van der Waals surface area contributed by atoms with Gasteiger partial charge in [-0.3, -0.25) is 4.79 Å². The lowest BCUT2D eigenvalue weighted by molar-refractivity contribution is -0.130. The summed E-state index contributed by atoms with van der Waals surface area (Å²) in [6.07, 6.45) is 4.20. The van der Waals surface area contributed by atoms with Crippen LogP contribution in [-0.4, -0.2) is 50.2 Å². The molecule has 3 rings (SSSR count). The van der Waals surface area contributed by atoms with Crippen molar-refractivity contribution in [3.8, 4) is 6.07 Å². The van der Waals surface area contributed by atoms with Crippen molar-refractivity contribution in [2.24, 2.45) is 0 Å². The van der Waals surface area contributed by atoms with Crippen molar-refractivity contribution in [2.45, 2.75) is 19.8 Å². The molecule has 0 saturated carbocycles. The Kier molecular flexibility index (Phi) is 5.17. The average Bonchev–Trinajstić information content (AvgIpc) is 3.15. The summed E-state index contributed by atoms with van der Waals surface area (Å²) in [5, 5.41) is 9.40.